The summed E-state index contributed by atoms with van der Waals surface area (Å²) in [6.45, 7) is 4.70. The van der Waals surface area contributed by atoms with Crippen LogP contribution in [0.5, 0.6) is 11.6 Å². The maximum Gasteiger partial charge on any atom is 0.418 e. The van der Waals surface area contributed by atoms with Crippen LogP contribution in [0.25, 0.3) is 5.65 Å². The third-order valence-electron chi connectivity index (χ3n) is 5.84. The largest absolute Gasteiger partial charge is 0.481 e. The highest BCUT2D eigenvalue weighted by Crippen LogP contribution is 2.39. The summed E-state index contributed by atoms with van der Waals surface area (Å²) in [6, 6.07) is 4.97. The van der Waals surface area contributed by atoms with Crippen molar-refractivity contribution in [1.82, 2.24) is 29.4 Å². The van der Waals surface area contributed by atoms with Crippen molar-refractivity contribution in [3.63, 3.8) is 0 Å². The lowest BCUT2D eigenvalue weighted by atomic mass is 10.1. The predicted octanol–water partition coefficient (Wildman–Crippen LogP) is 4.00. The number of aromatic nitrogens is 6. The molecule has 5 rings (SSSR count). The summed E-state index contributed by atoms with van der Waals surface area (Å²) in [4.78, 5) is 23.3. The first-order valence-electron chi connectivity index (χ1n) is 11.3. The molecule has 1 atom stereocenters. The van der Waals surface area contributed by atoms with Crippen LogP contribution in [0.3, 0.4) is 0 Å². The summed E-state index contributed by atoms with van der Waals surface area (Å²) in [6.07, 6.45) is 7.07. The van der Waals surface area contributed by atoms with E-state index in [9.17, 15) is 9.18 Å². The van der Waals surface area contributed by atoms with Crippen LogP contribution in [0, 0.1) is 5.82 Å². The number of pyridine rings is 1. The standard InChI is InChI=1S/C23H25FN8O3/c1-14(2)31-9-6-19(29-31)27-23(33)35-18-13-26-32-10-7-20(28-21(18)32)30-8-4-5-17(30)16-11-15(24)12-25-22(16)34-3/h6-7,9-14,17H,4-5,8H2,1-3H3,(H,27,29,33)/t17-/m1/s1. The van der Waals surface area contributed by atoms with Gasteiger partial charge in [-0.25, -0.2) is 23.7 Å². The number of nitrogens with one attached hydrogen (secondary N) is 1. The number of hydrogen-bond acceptors (Lipinski definition) is 8. The molecule has 1 N–H and O–H groups in total. The molecular formula is C23H25FN8O3. The third-order valence-corrected chi connectivity index (χ3v) is 5.84. The first-order chi connectivity index (χ1) is 16.9. The zero-order valence-corrected chi connectivity index (χ0v) is 19.6. The molecule has 0 radical (unpaired) electrons. The molecular weight excluding hydrogens is 455 g/mol. The molecule has 0 aliphatic carbocycles. The molecule has 1 amide bonds. The van der Waals surface area contributed by atoms with Crippen LogP contribution >= 0.6 is 0 Å². The van der Waals surface area contributed by atoms with Crippen LogP contribution in [-0.2, 0) is 0 Å². The van der Waals surface area contributed by atoms with E-state index in [0.29, 0.717) is 28.7 Å². The number of methoxy groups -OCH3 is 1. The molecule has 35 heavy (non-hydrogen) atoms. The number of fused-ring (bicyclic) bond motifs is 1. The average molecular weight is 481 g/mol. The van der Waals surface area contributed by atoms with Crippen molar-refractivity contribution >= 4 is 23.4 Å². The van der Waals surface area contributed by atoms with Gasteiger partial charge in [0, 0.05) is 36.6 Å². The molecule has 1 aliphatic heterocycles. The number of carbonyl (C=O) groups excluding carboxylic acids is 1. The van der Waals surface area contributed by atoms with Crippen LogP contribution in [0.15, 0.2) is 43.0 Å². The number of nitrogens with zero attached hydrogens (tertiary/aromatic N) is 7. The molecule has 5 heterocycles. The molecule has 1 saturated heterocycles. The van der Waals surface area contributed by atoms with Crippen molar-refractivity contribution in [3.05, 3.63) is 54.4 Å². The minimum absolute atomic E-state index is 0.158. The third kappa shape index (κ3) is 4.46. The zero-order chi connectivity index (χ0) is 24.5. The molecule has 0 unspecified atom stereocenters. The monoisotopic (exact) mass is 480 g/mol. The Morgan fingerprint density at radius 1 is 1.26 bits per heavy atom. The lowest BCUT2D eigenvalue weighted by Gasteiger charge is -2.26. The number of amides is 1. The number of carbonyl (C=O) groups is 1. The number of rotatable bonds is 6. The van der Waals surface area contributed by atoms with Crippen LogP contribution in [-0.4, -0.2) is 49.1 Å². The fourth-order valence-electron chi connectivity index (χ4n) is 4.21. The summed E-state index contributed by atoms with van der Waals surface area (Å²) in [5, 5.41) is 11.1. The van der Waals surface area contributed by atoms with E-state index in [2.05, 4.69) is 25.4 Å². The Hall–Kier alpha value is -4.22. The molecule has 1 aliphatic rings. The van der Waals surface area contributed by atoms with E-state index in [1.807, 2.05) is 19.9 Å². The highest BCUT2D eigenvalue weighted by molar-refractivity contribution is 5.86. The molecule has 11 nitrogen and oxygen atoms in total. The van der Waals surface area contributed by atoms with Gasteiger partial charge < -0.3 is 14.4 Å². The Morgan fingerprint density at radius 2 is 2.11 bits per heavy atom. The van der Waals surface area contributed by atoms with Crippen LogP contribution in [0.2, 0.25) is 0 Å². The van der Waals surface area contributed by atoms with Gasteiger partial charge in [-0.1, -0.05) is 0 Å². The molecule has 182 valence electrons. The summed E-state index contributed by atoms with van der Waals surface area (Å²) in [7, 11) is 1.52. The summed E-state index contributed by atoms with van der Waals surface area (Å²) in [5.41, 5.74) is 1.04. The van der Waals surface area contributed by atoms with Gasteiger partial charge in [-0.3, -0.25) is 10.00 Å². The highest BCUT2D eigenvalue weighted by Gasteiger charge is 2.31. The molecule has 1 fully saturated rings. The second-order valence-electron chi connectivity index (χ2n) is 8.46. The second-order valence-corrected chi connectivity index (χ2v) is 8.46. The first kappa shape index (κ1) is 22.6. The van der Waals surface area contributed by atoms with Gasteiger partial charge in [0.25, 0.3) is 0 Å². The normalized spacial score (nSPS) is 15.7. The van der Waals surface area contributed by atoms with Crippen molar-refractivity contribution in [2.75, 3.05) is 23.9 Å². The van der Waals surface area contributed by atoms with Gasteiger partial charge in [-0.15, -0.1) is 0 Å². The van der Waals surface area contributed by atoms with Crippen LogP contribution < -0.4 is 19.7 Å². The Labute approximate surface area is 200 Å². The predicted molar refractivity (Wildman–Crippen MR) is 125 cm³/mol. The van der Waals surface area contributed by atoms with E-state index >= 15 is 0 Å². The van der Waals surface area contributed by atoms with Gasteiger partial charge in [0.2, 0.25) is 11.5 Å². The lowest BCUT2D eigenvalue weighted by Crippen LogP contribution is -2.24. The van der Waals surface area contributed by atoms with E-state index in [0.717, 1.165) is 25.6 Å². The summed E-state index contributed by atoms with van der Waals surface area (Å²) < 4.78 is 28.1. The molecule has 0 spiro atoms. The van der Waals surface area contributed by atoms with E-state index < -0.39 is 11.9 Å². The average Bonchev–Trinajstić information content (AvgIpc) is 3.59. The molecule has 4 aromatic rings. The van der Waals surface area contributed by atoms with E-state index in [-0.39, 0.29) is 17.8 Å². The Bertz CT molecular complexity index is 1370. The molecule has 0 aromatic carbocycles. The SMILES string of the molecule is COc1ncc(F)cc1[C@H]1CCCN1c1ccn2ncc(OC(=O)Nc3ccn(C(C)C)n3)c2n1. The van der Waals surface area contributed by atoms with Gasteiger partial charge in [0.15, 0.2) is 11.6 Å². The van der Waals surface area contributed by atoms with Crippen LogP contribution in [0.4, 0.5) is 20.8 Å². The minimum Gasteiger partial charge on any atom is -0.481 e. The molecule has 4 aromatic heterocycles. The number of halogens is 1. The van der Waals surface area contributed by atoms with Gasteiger partial charge in [0.1, 0.15) is 11.6 Å². The molecule has 0 saturated carbocycles. The zero-order valence-electron chi connectivity index (χ0n) is 19.6. The van der Waals surface area contributed by atoms with Gasteiger partial charge in [0.05, 0.1) is 25.5 Å². The number of hydrogen-bond donors (Lipinski definition) is 1. The van der Waals surface area contributed by atoms with E-state index in [1.54, 1.807) is 23.1 Å². The fraction of sp³-hybridized carbons (Fsp3) is 0.348. The van der Waals surface area contributed by atoms with Crippen molar-refractivity contribution in [2.24, 2.45) is 0 Å². The Balaban J connectivity index is 1.39. The Kier molecular flexibility index (Phi) is 5.93. The maximum absolute atomic E-state index is 14.0. The van der Waals surface area contributed by atoms with Gasteiger partial charge >= 0.3 is 6.09 Å². The van der Waals surface area contributed by atoms with Gasteiger partial charge in [-0.2, -0.15) is 10.2 Å². The Morgan fingerprint density at radius 3 is 2.89 bits per heavy atom. The fourth-order valence-corrected chi connectivity index (χ4v) is 4.21. The van der Waals surface area contributed by atoms with Crippen LogP contribution in [0.1, 0.15) is 44.3 Å². The maximum atomic E-state index is 14.0. The molecule has 0 bridgehead atoms. The lowest BCUT2D eigenvalue weighted by molar-refractivity contribution is 0.215. The van der Waals surface area contributed by atoms with Crippen molar-refractivity contribution in [2.45, 2.75) is 38.8 Å². The van der Waals surface area contributed by atoms with Crippen molar-refractivity contribution in [3.8, 4) is 11.6 Å². The van der Waals surface area contributed by atoms with E-state index in [4.69, 9.17) is 14.5 Å². The van der Waals surface area contributed by atoms with Gasteiger partial charge in [-0.05, 0) is 38.8 Å². The summed E-state index contributed by atoms with van der Waals surface area (Å²) >= 11 is 0. The number of anilines is 2. The number of ether oxygens (including phenoxy) is 2. The minimum atomic E-state index is -0.698. The highest BCUT2D eigenvalue weighted by atomic mass is 19.1. The van der Waals surface area contributed by atoms with E-state index in [1.165, 1.54) is 23.9 Å². The summed E-state index contributed by atoms with van der Waals surface area (Å²) in [5.74, 6) is 1.19. The topological polar surface area (TPSA) is 112 Å². The quantitative estimate of drug-likeness (QED) is 0.441. The molecule has 12 heteroatoms. The van der Waals surface area contributed by atoms with Crippen molar-refractivity contribution in [1.29, 1.82) is 0 Å². The van der Waals surface area contributed by atoms with Crippen molar-refractivity contribution < 1.29 is 18.7 Å². The smallest absolute Gasteiger partial charge is 0.418 e. The second kappa shape index (κ2) is 9.20. The first-order valence-corrected chi connectivity index (χ1v) is 11.3.